The predicted molar refractivity (Wildman–Crippen MR) is 49.5 cm³/mol. The lowest BCUT2D eigenvalue weighted by atomic mass is 10.2. The summed E-state index contributed by atoms with van der Waals surface area (Å²) < 4.78 is 8.98. The van der Waals surface area contributed by atoms with Gasteiger partial charge < -0.3 is 14.6 Å². The second kappa shape index (κ2) is 7.19. The molecule has 0 amide bonds. The first-order valence-electron chi connectivity index (χ1n) is 4.07. The van der Waals surface area contributed by atoms with Gasteiger partial charge in [0.25, 0.3) is 0 Å². The van der Waals surface area contributed by atoms with Gasteiger partial charge in [-0.1, -0.05) is 0 Å². The Hall–Kier alpha value is -1.14. The van der Waals surface area contributed by atoms with Gasteiger partial charge in [0.1, 0.15) is 6.61 Å². The fourth-order valence-corrected chi connectivity index (χ4v) is 0.897. The molecule has 0 spiro atoms. The minimum absolute atomic E-state index is 0.146. The van der Waals surface area contributed by atoms with Crippen LogP contribution in [-0.4, -0.2) is 42.1 Å². The lowest BCUT2D eigenvalue weighted by Crippen LogP contribution is -2.29. The number of hydrogen-bond donors (Lipinski definition) is 1. The minimum Gasteiger partial charge on any atom is -0.479 e. The Morgan fingerprint density at radius 1 is 1.40 bits per heavy atom. The molecule has 15 heavy (non-hydrogen) atoms. The first kappa shape index (κ1) is 13.9. The number of hydrogen-bond acceptors (Lipinski definition) is 5. The Labute approximate surface area is 91.1 Å². The summed E-state index contributed by atoms with van der Waals surface area (Å²) in [7, 11) is 1.28. The van der Waals surface area contributed by atoms with E-state index >= 15 is 0 Å². The van der Waals surface area contributed by atoms with E-state index in [0.717, 1.165) is 0 Å². The highest BCUT2D eigenvalue weighted by molar-refractivity contribution is 6.63. The molecule has 7 heteroatoms. The lowest BCUT2D eigenvalue weighted by Gasteiger charge is -2.12. The molecule has 0 aliphatic heterocycles. The molecule has 86 valence electrons. The van der Waals surface area contributed by atoms with Crippen molar-refractivity contribution in [2.75, 3.05) is 13.7 Å². The summed E-state index contributed by atoms with van der Waals surface area (Å²) in [5.41, 5.74) is 0. The van der Waals surface area contributed by atoms with E-state index in [2.05, 4.69) is 9.47 Å². The number of carboxylic acids is 1. The fraction of sp³-hybridized carbons (Fsp3) is 0.625. The van der Waals surface area contributed by atoms with Crippen LogP contribution >= 0.6 is 11.6 Å². The van der Waals surface area contributed by atoms with Gasteiger partial charge in [0.05, 0.1) is 0 Å². The Balaban J connectivity index is 4.10. The van der Waals surface area contributed by atoms with E-state index in [1.54, 1.807) is 0 Å². The number of halogens is 1. The zero-order chi connectivity index (χ0) is 11.8. The quantitative estimate of drug-likeness (QED) is 0.502. The van der Waals surface area contributed by atoms with Crippen LogP contribution in [0.2, 0.25) is 0 Å². The molecule has 0 saturated carbocycles. The summed E-state index contributed by atoms with van der Waals surface area (Å²) in [6, 6.07) is 0. The van der Waals surface area contributed by atoms with Gasteiger partial charge in [-0.3, -0.25) is 4.79 Å². The van der Waals surface area contributed by atoms with Crippen LogP contribution in [0, 0.1) is 0 Å². The molecule has 0 bridgehead atoms. The van der Waals surface area contributed by atoms with E-state index in [1.165, 1.54) is 7.11 Å². The highest BCUT2D eigenvalue weighted by Gasteiger charge is 2.22. The molecule has 0 aliphatic rings. The smallest absolute Gasteiger partial charge is 0.345 e. The summed E-state index contributed by atoms with van der Waals surface area (Å²) in [5, 5.41) is 7.95. The second-order valence-corrected chi connectivity index (χ2v) is 3.07. The van der Waals surface area contributed by atoms with Gasteiger partial charge in [-0.15, -0.1) is 0 Å². The maximum Gasteiger partial charge on any atom is 0.345 e. The Morgan fingerprint density at radius 2 is 2.00 bits per heavy atom. The van der Waals surface area contributed by atoms with Crippen LogP contribution in [0.1, 0.15) is 12.8 Å². The molecule has 1 N–H and O–H groups in total. The number of rotatable bonds is 7. The molecule has 0 aromatic carbocycles. The van der Waals surface area contributed by atoms with Crippen LogP contribution in [0.15, 0.2) is 0 Å². The van der Waals surface area contributed by atoms with E-state index < -0.39 is 23.3 Å². The normalized spacial score (nSPS) is 11.9. The predicted octanol–water partition coefficient (Wildman–Crippen LogP) is 0.175. The number of carboxylic acid groups (broad SMARTS) is 1. The van der Waals surface area contributed by atoms with E-state index in [4.69, 9.17) is 16.7 Å². The van der Waals surface area contributed by atoms with Gasteiger partial charge in [0.15, 0.2) is 6.10 Å². The summed E-state index contributed by atoms with van der Waals surface area (Å²) in [6.07, 6.45) is -1.68. The van der Waals surface area contributed by atoms with Gasteiger partial charge in [0.2, 0.25) is 5.24 Å². The Kier molecular flexibility index (Phi) is 6.64. The van der Waals surface area contributed by atoms with E-state index in [1.807, 2.05) is 0 Å². The SMILES string of the molecule is COCC(=O)O[C@H](CCC(=O)Cl)C(=O)O. The first-order valence-corrected chi connectivity index (χ1v) is 4.44. The minimum atomic E-state index is -1.37. The Morgan fingerprint density at radius 3 is 2.40 bits per heavy atom. The van der Waals surface area contributed by atoms with Crippen molar-refractivity contribution in [3.8, 4) is 0 Å². The summed E-state index contributed by atoms with van der Waals surface area (Å²) in [6.45, 7) is -0.335. The number of esters is 1. The van der Waals surface area contributed by atoms with Crippen LogP contribution < -0.4 is 0 Å². The average Bonchev–Trinajstić information content (AvgIpc) is 2.11. The molecule has 0 aromatic rings. The number of carbonyl (C=O) groups is 3. The van der Waals surface area contributed by atoms with E-state index in [0.29, 0.717) is 0 Å². The largest absolute Gasteiger partial charge is 0.479 e. The highest BCUT2D eigenvalue weighted by atomic mass is 35.5. The van der Waals surface area contributed by atoms with Crippen LogP contribution in [0.4, 0.5) is 0 Å². The van der Waals surface area contributed by atoms with Crippen LogP contribution in [0.3, 0.4) is 0 Å². The molecule has 0 radical (unpaired) electrons. The van der Waals surface area contributed by atoms with Crippen LogP contribution in [-0.2, 0) is 23.9 Å². The van der Waals surface area contributed by atoms with Gasteiger partial charge in [-0.2, -0.15) is 0 Å². The van der Waals surface area contributed by atoms with Crippen molar-refractivity contribution in [1.29, 1.82) is 0 Å². The number of methoxy groups -OCH3 is 1. The monoisotopic (exact) mass is 238 g/mol. The van der Waals surface area contributed by atoms with Gasteiger partial charge in [-0.25, -0.2) is 9.59 Å². The van der Waals surface area contributed by atoms with E-state index in [9.17, 15) is 14.4 Å². The maximum atomic E-state index is 10.9. The molecule has 0 aromatic heterocycles. The zero-order valence-corrected chi connectivity index (χ0v) is 8.82. The maximum absolute atomic E-state index is 10.9. The van der Waals surface area contributed by atoms with Gasteiger partial charge in [-0.05, 0) is 11.6 Å². The molecule has 0 unspecified atom stereocenters. The third-order valence-electron chi connectivity index (χ3n) is 1.41. The first-order chi connectivity index (χ1) is 6.97. The van der Waals surface area contributed by atoms with Gasteiger partial charge in [0, 0.05) is 20.0 Å². The van der Waals surface area contributed by atoms with Crippen LogP contribution in [0.25, 0.3) is 0 Å². The molecule has 0 saturated heterocycles. The number of aliphatic carboxylic acids is 1. The van der Waals surface area contributed by atoms with Crippen molar-refractivity contribution in [2.45, 2.75) is 18.9 Å². The summed E-state index contributed by atoms with van der Waals surface area (Å²) in [4.78, 5) is 31.8. The molecule has 0 heterocycles. The lowest BCUT2D eigenvalue weighted by molar-refractivity contribution is -0.167. The Bertz CT molecular complexity index is 252. The van der Waals surface area contributed by atoms with Crippen molar-refractivity contribution in [1.82, 2.24) is 0 Å². The molecule has 0 fully saturated rings. The van der Waals surface area contributed by atoms with Gasteiger partial charge >= 0.3 is 11.9 Å². The number of ether oxygens (including phenoxy) is 2. The number of carbonyl (C=O) groups excluding carboxylic acids is 2. The second-order valence-electron chi connectivity index (χ2n) is 2.64. The summed E-state index contributed by atoms with van der Waals surface area (Å²) >= 11 is 5.03. The molecule has 1 atom stereocenters. The third kappa shape index (κ3) is 6.87. The van der Waals surface area contributed by atoms with Crippen molar-refractivity contribution in [3.05, 3.63) is 0 Å². The molecular formula is C8H11ClO6. The summed E-state index contributed by atoms with van der Waals surface area (Å²) in [5.74, 6) is -2.12. The highest BCUT2D eigenvalue weighted by Crippen LogP contribution is 2.05. The van der Waals surface area contributed by atoms with E-state index in [-0.39, 0.29) is 19.4 Å². The average molecular weight is 239 g/mol. The van der Waals surface area contributed by atoms with Crippen molar-refractivity contribution in [3.63, 3.8) is 0 Å². The molecule has 6 nitrogen and oxygen atoms in total. The molecular weight excluding hydrogens is 228 g/mol. The zero-order valence-electron chi connectivity index (χ0n) is 8.07. The van der Waals surface area contributed by atoms with Crippen LogP contribution in [0.5, 0.6) is 0 Å². The fourth-order valence-electron chi connectivity index (χ4n) is 0.788. The van der Waals surface area contributed by atoms with Crippen molar-refractivity contribution in [2.24, 2.45) is 0 Å². The standard InChI is InChI=1S/C8H11ClO6/c1-14-4-7(11)15-5(8(12)13)2-3-6(9)10/h5H,2-4H2,1H3,(H,12,13)/t5-/m1/s1. The topological polar surface area (TPSA) is 89.9 Å². The molecule has 0 aliphatic carbocycles. The molecule has 0 rings (SSSR count). The van der Waals surface area contributed by atoms with Crippen molar-refractivity contribution < 1.29 is 29.0 Å². The van der Waals surface area contributed by atoms with Crippen molar-refractivity contribution >= 4 is 28.8 Å². The third-order valence-corrected chi connectivity index (χ3v) is 1.60.